The van der Waals surface area contributed by atoms with E-state index in [1.807, 2.05) is 6.07 Å². The molecule has 0 spiro atoms. The van der Waals surface area contributed by atoms with Crippen molar-refractivity contribution in [1.82, 2.24) is 14.8 Å². The molecule has 1 aliphatic carbocycles. The number of nitrogens with one attached hydrogen (secondary N) is 1. The first-order valence-electron chi connectivity index (χ1n) is 7.42. The maximum absolute atomic E-state index is 12.7. The van der Waals surface area contributed by atoms with E-state index >= 15 is 0 Å². The first-order valence-corrected chi connectivity index (χ1v) is 8.18. The van der Waals surface area contributed by atoms with E-state index in [9.17, 15) is 4.79 Å². The Morgan fingerprint density at radius 3 is 2.87 bits per heavy atom. The minimum Gasteiger partial charge on any atom is -0.328 e. The van der Waals surface area contributed by atoms with Gasteiger partial charge in [0.05, 0.1) is 10.0 Å². The van der Waals surface area contributed by atoms with Crippen LogP contribution in [0.3, 0.4) is 0 Å². The largest absolute Gasteiger partial charge is 0.328 e. The number of fused-ring (bicyclic) bond motifs is 1. The van der Waals surface area contributed by atoms with Gasteiger partial charge in [0.25, 0.3) is 0 Å². The Kier molecular flexibility index (Phi) is 3.43. The number of Topliss-reactive ketones (excluding diaryl/α,β-unsaturated/α-hetero) is 1. The van der Waals surface area contributed by atoms with Crippen molar-refractivity contribution in [1.29, 1.82) is 0 Å². The molecule has 0 radical (unpaired) electrons. The van der Waals surface area contributed by atoms with Crippen molar-refractivity contribution in [3.05, 3.63) is 51.4 Å². The van der Waals surface area contributed by atoms with Gasteiger partial charge in [-0.25, -0.2) is 4.68 Å². The van der Waals surface area contributed by atoms with Gasteiger partial charge in [0.15, 0.2) is 5.78 Å². The SMILES string of the molecule is C[C@@H]1CC(=O)C2=C(C1)Nc1ncnn1[C@H]2c1ccc(Cl)c(Cl)c1. The summed E-state index contributed by atoms with van der Waals surface area (Å²) in [4.78, 5) is 16.9. The highest BCUT2D eigenvalue weighted by Gasteiger charge is 2.37. The highest BCUT2D eigenvalue weighted by molar-refractivity contribution is 6.42. The van der Waals surface area contributed by atoms with E-state index in [2.05, 4.69) is 22.3 Å². The van der Waals surface area contributed by atoms with Crippen LogP contribution in [0.25, 0.3) is 0 Å². The van der Waals surface area contributed by atoms with Crippen LogP contribution >= 0.6 is 23.2 Å². The van der Waals surface area contributed by atoms with Crippen molar-refractivity contribution < 1.29 is 4.79 Å². The lowest BCUT2D eigenvalue weighted by molar-refractivity contribution is -0.117. The Bertz CT molecular complexity index is 842. The van der Waals surface area contributed by atoms with Gasteiger partial charge in [-0.2, -0.15) is 10.1 Å². The van der Waals surface area contributed by atoms with E-state index < -0.39 is 0 Å². The number of carbonyl (C=O) groups is 1. The molecule has 1 N–H and O–H groups in total. The lowest BCUT2D eigenvalue weighted by atomic mass is 9.81. The van der Waals surface area contributed by atoms with Crippen molar-refractivity contribution in [3.63, 3.8) is 0 Å². The van der Waals surface area contributed by atoms with Crippen LogP contribution in [0, 0.1) is 5.92 Å². The maximum atomic E-state index is 12.7. The summed E-state index contributed by atoms with van der Waals surface area (Å²) >= 11 is 12.2. The highest BCUT2D eigenvalue weighted by Crippen LogP contribution is 2.41. The van der Waals surface area contributed by atoms with E-state index in [0.717, 1.165) is 23.3 Å². The molecule has 0 unspecified atom stereocenters. The third-order valence-corrected chi connectivity index (χ3v) is 5.06. The van der Waals surface area contributed by atoms with Crippen LogP contribution in [-0.4, -0.2) is 20.5 Å². The van der Waals surface area contributed by atoms with Gasteiger partial charge in [0, 0.05) is 17.7 Å². The third kappa shape index (κ3) is 2.35. The second-order valence-electron chi connectivity index (χ2n) is 6.06. The lowest BCUT2D eigenvalue weighted by Gasteiger charge is -2.34. The Labute approximate surface area is 143 Å². The van der Waals surface area contributed by atoms with Gasteiger partial charge in [-0.3, -0.25) is 4.79 Å². The van der Waals surface area contributed by atoms with E-state index in [1.165, 1.54) is 6.33 Å². The van der Waals surface area contributed by atoms with E-state index in [1.54, 1.807) is 16.8 Å². The van der Waals surface area contributed by atoms with Gasteiger partial charge in [0.2, 0.25) is 5.95 Å². The van der Waals surface area contributed by atoms with Crippen LogP contribution in [0.15, 0.2) is 35.8 Å². The average Bonchev–Trinajstić information content (AvgIpc) is 2.95. The summed E-state index contributed by atoms with van der Waals surface area (Å²) in [6.45, 7) is 2.08. The molecule has 2 aliphatic rings. The van der Waals surface area contributed by atoms with Gasteiger partial charge in [0.1, 0.15) is 12.4 Å². The molecule has 1 aromatic carbocycles. The standard InChI is InChI=1S/C16H14Cl2N4O/c1-8-4-12-14(13(23)5-8)15(22-16(21-12)19-7-20-22)9-2-3-10(17)11(18)6-9/h2-3,6-8,15H,4-5H2,1H3,(H,19,20,21)/t8-,15-/m0/s1. The normalized spacial score (nSPS) is 23.3. The number of benzene rings is 1. The Morgan fingerprint density at radius 1 is 1.26 bits per heavy atom. The van der Waals surface area contributed by atoms with Crippen molar-refractivity contribution in [2.45, 2.75) is 25.8 Å². The molecule has 0 saturated carbocycles. The van der Waals surface area contributed by atoms with Crippen molar-refractivity contribution in [3.8, 4) is 0 Å². The highest BCUT2D eigenvalue weighted by atomic mass is 35.5. The lowest BCUT2D eigenvalue weighted by Crippen LogP contribution is -2.33. The summed E-state index contributed by atoms with van der Waals surface area (Å²) in [5, 5.41) is 8.49. The zero-order valence-corrected chi connectivity index (χ0v) is 13.9. The van der Waals surface area contributed by atoms with Gasteiger partial charge < -0.3 is 5.32 Å². The van der Waals surface area contributed by atoms with Crippen molar-refractivity contribution >= 4 is 34.9 Å². The molecule has 118 valence electrons. The number of hydrogen-bond donors (Lipinski definition) is 1. The summed E-state index contributed by atoms with van der Waals surface area (Å²) in [7, 11) is 0. The minimum atomic E-state index is -0.321. The van der Waals surface area contributed by atoms with Crippen molar-refractivity contribution in [2.24, 2.45) is 5.92 Å². The first-order chi connectivity index (χ1) is 11.0. The summed E-state index contributed by atoms with van der Waals surface area (Å²) < 4.78 is 1.73. The zero-order valence-electron chi connectivity index (χ0n) is 12.4. The molecule has 1 aliphatic heterocycles. The van der Waals surface area contributed by atoms with Crippen LogP contribution in [0.2, 0.25) is 10.0 Å². The molecule has 0 bridgehead atoms. The van der Waals surface area contributed by atoms with E-state index in [4.69, 9.17) is 23.2 Å². The van der Waals surface area contributed by atoms with Crippen LogP contribution in [0.5, 0.6) is 0 Å². The molecule has 7 heteroatoms. The number of carbonyl (C=O) groups excluding carboxylic acids is 1. The number of nitrogens with zero attached hydrogens (tertiary/aromatic N) is 3. The second kappa shape index (κ2) is 5.35. The second-order valence-corrected chi connectivity index (χ2v) is 6.87. The number of anilines is 1. The predicted molar refractivity (Wildman–Crippen MR) is 88.7 cm³/mol. The molecule has 0 amide bonds. The molecule has 4 rings (SSSR count). The third-order valence-electron chi connectivity index (χ3n) is 4.33. The Balaban J connectivity index is 1.91. The van der Waals surface area contributed by atoms with Gasteiger partial charge in [-0.1, -0.05) is 36.2 Å². The molecule has 0 saturated heterocycles. The van der Waals surface area contributed by atoms with Crippen LogP contribution < -0.4 is 5.32 Å². The minimum absolute atomic E-state index is 0.142. The fourth-order valence-electron chi connectivity index (χ4n) is 3.34. The quantitative estimate of drug-likeness (QED) is 0.850. The smallest absolute Gasteiger partial charge is 0.226 e. The van der Waals surface area contributed by atoms with Gasteiger partial charge in [-0.05, 0) is 30.0 Å². The molecule has 23 heavy (non-hydrogen) atoms. The fourth-order valence-corrected chi connectivity index (χ4v) is 3.64. The average molecular weight is 349 g/mol. The van der Waals surface area contributed by atoms with E-state index in [-0.39, 0.29) is 11.8 Å². The van der Waals surface area contributed by atoms with E-state index in [0.29, 0.717) is 28.3 Å². The number of ketones is 1. The van der Waals surface area contributed by atoms with Crippen LogP contribution in [0.4, 0.5) is 5.95 Å². The number of halogens is 2. The summed E-state index contributed by atoms with van der Waals surface area (Å²) in [6, 6.07) is 5.10. The number of allylic oxidation sites excluding steroid dienone is 2. The Morgan fingerprint density at radius 2 is 2.09 bits per heavy atom. The number of aromatic nitrogens is 3. The first kappa shape index (κ1) is 14.7. The predicted octanol–water partition coefficient (Wildman–Crippen LogP) is 3.85. The molecule has 5 nitrogen and oxygen atoms in total. The number of rotatable bonds is 1. The fraction of sp³-hybridized carbons (Fsp3) is 0.312. The molecular weight excluding hydrogens is 335 g/mol. The number of hydrogen-bond acceptors (Lipinski definition) is 4. The van der Waals surface area contributed by atoms with Crippen molar-refractivity contribution in [2.75, 3.05) is 5.32 Å². The summed E-state index contributed by atoms with van der Waals surface area (Å²) in [5.74, 6) is 1.10. The molecule has 1 aromatic heterocycles. The summed E-state index contributed by atoms with van der Waals surface area (Å²) in [6.07, 6.45) is 2.85. The molecule has 2 aromatic rings. The van der Waals surface area contributed by atoms with Gasteiger partial charge in [-0.15, -0.1) is 0 Å². The topological polar surface area (TPSA) is 59.8 Å². The Hall–Kier alpha value is -1.85. The maximum Gasteiger partial charge on any atom is 0.226 e. The molecular formula is C16H14Cl2N4O. The van der Waals surface area contributed by atoms with Crippen LogP contribution in [0.1, 0.15) is 31.4 Å². The molecule has 0 fully saturated rings. The molecule has 2 atom stereocenters. The zero-order chi connectivity index (χ0) is 16.1. The molecule has 2 heterocycles. The summed E-state index contributed by atoms with van der Waals surface area (Å²) in [5.41, 5.74) is 2.56. The van der Waals surface area contributed by atoms with Crippen LogP contribution in [-0.2, 0) is 4.79 Å². The van der Waals surface area contributed by atoms with Gasteiger partial charge >= 0.3 is 0 Å². The monoisotopic (exact) mass is 348 g/mol.